The minimum Gasteiger partial charge on any atom is -0.399 e. The largest absolute Gasteiger partial charge is 0.399 e. The average molecular weight is 238 g/mol. The standard InChI is InChI=1S/C13H22N2O2/c1-13(2,9-16)15(3)8-12(17)10-4-6-11(14)7-5-10/h4-7,12,16-17H,8-9,14H2,1-3H3. The van der Waals surface area contributed by atoms with E-state index in [2.05, 4.69) is 0 Å². The lowest BCUT2D eigenvalue weighted by Gasteiger charge is -2.35. The van der Waals surface area contributed by atoms with Gasteiger partial charge in [-0.3, -0.25) is 4.90 Å². The topological polar surface area (TPSA) is 69.7 Å². The summed E-state index contributed by atoms with van der Waals surface area (Å²) in [6, 6.07) is 7.19. The average Bonchev–Trinajstić information content (AvgIpc) is 2.29. The smallest absolute Gasteiger partial charge is 0.0917 e. The lowest BCUT2D eigenvalue weighted by Crippen LogP contribution is -2.46. The third kappa shape index (κ3) is 3.70. The summed E-state index contributed by atoms with van der Waals surface area (Å²) >= 11 is 0. The van der Waals surface area contributed by atoms with E-state index in [-0.39, 0.29) is 12.1 Å². The molecule has 0 saturated heterocycles. The van der Waals surface area contributed by atoms with Crippen LogP contribution in [0.5, 0.6) is 0 Å². The molecule has 1 aromatic rings. The zero-order chi connectivity index (χ0) is 13.1. The summed E-state index contributed by atoms with van der Waals surface area (Å²) in [5, 5.41) is 19.3. The lowest BCUT2D eigenvalue weighted by atomic mass is 10.0. The molecule has 96 valence electrons. The zero-order valence-electron chi connectivity index (χ0n) is 10.7. The third-order valence-electron chi connectivity index (χ3n) is 3.19. The number of β-amino-alcohol motifs (C(OH)–C–C–N with tert-alkyl or cyclic N) is 1. The molecule has 0 bridgehead atoms. The highest BCUT2D eigenvalue weighted by Crippen LogP contribution is 2.19. The predicted molar refractivity (Wildman–Crippen MR) is 69.6 cm³/mol. The Hall–Kier alpha value is -1.10. The van der Waals surface area contributed by atoms with Gasteiger partial charge in [0.1, 0.15) is 0 Å². The van der Waals surface area contributed by atoms with Crippen molar-refractivity contribution >= 4 is 5.69 Å². The second-order valence-electron chi connectivity index (χ2n) is 5.03. The van der Waals surface area contributed by atoms with Gasteiger partial charge < -0.3 is 15.9 Å². The van der Waals surface area contributed by atoms with Gasteiger partial charge in [-0.1, -0.05) is 12.1 Å². The first-order valence-electron chi connectivity index (χ1n) is 5.72. The zero-order valence-corrected chi connectivity index (χ0v) is 10.7. The number of aliphatic hydroxyl groups excluding tert-OH is 2. The van der Waals surface area contributed by atoms with Crippen molar-refractivity contribution < 1.29 is 10.2 Å². The molecule has 4 heteroatoms. The number of nitrogen functional groups attached to an aromatic ring is 1. The van der Waals surface area contributed by atoms with E-state index in [0.29, 0.717) is 12.2 Å². The summed E-state index contributed by atoms with van der Waals surface area (Å²) < 4.78 is 0. The molecule has 1 unspecified atom stereocenters. The van der Waals surface area contributed by atoms with Crippen LogP contribution in [0, 0.1) is 0 Å². The summed E-state index contributed by atoms with van der Waals surface area (Å²) in [5.41, 5.74) is 6.77. The van der Waals surface area contributed by atoms with Crippen LogP contribution >= 0.6 is 0 Å². The van der Waals surface area contributed by atoms with Gasteiger partial charge in [-0.15, -0.1) is 0 Å². The van der Waals surface area contributed by atoms with Crippen LogP contribution in [0.2, 0.25) is 0 Å². The Morgan fingerprint density at radius 2 is 1.82 bits per heavy atom. The molecule has 4 nitrogen and oxygen atoms in total. The summed E-state index contributed by atoms with van der Waals surface area (Å²) in [4.78, 5) is 1.94. The first-order chi connectivity index (χ1) is 7.86. The number of nitrogens with two attached hydrogens (primary N) is 1. The van der Waals surface area contributed by atoms with Crippen molar-refractivity contribution in [3.05, 3.63) is 29.8 Å². The molecule has 0 aromatic heterocycles. The van der Waals surface area contributed by atoms with Crippen LogP contribution in [0.15, 0.2) is 24.3 Å². The number of rotatable bonds is 5. The quantitative estimate of drug-likeness (QED) is 0.669. The normalized spacial score (nSPS) is 14.0. The Morgan fingerprint density at radius 1 is 1.29 bits per heavy atom. The van der Waals surface area contributed by atoms with E-state index in [0.717, 1.165) is 5.56 Å². The maximum atomic E-state index is 10.1. The fraction of sp³-hybridized carbons (Fsp3) is 0.538. The van der Waals surface area contributed by atoms with Crippen molar-refractivity contribution in [1.82, 2.24) is 4.90 Å². The number of hydrogen-bond donors (Lipinski definition) is 3. The minimum atomic E-state index is -0.577. The summed E-state index contributed by atoms with van der Waals surface area (Å²) in [6.45, 7) is 4.39. The Morgan fingerprint density at radius 3 is 2.29 bits per heavy atom. The molecule has 0 amide bonds. The van der Waals surface area contributed by atoms with Crippen molar-refractivity contribution in [2.45, 2.75) is 25.5 Å². The molecular formula is C13H22N2O2. The van der Waals surface area contributed by atoms with Gasteiger partial charge >= 0.3 is 0 Å². The molecule has 0 spiro atoms. The Bertz CT molecular complexity index is 349. The number of anilines is 1. The SMILES string of the molecule is CN(CC(O)c1ccc(N)cc1)C(C)(C)CO. The van der Waals surface area contributed by atoms with Crippen molar-refractivity contribution in [1.29, 1.82) is 0 Å². The molecule has 1 atom stereocenters. The lowest BCUT2D eigenvalue weighted by molar-refractivity contribution is 0.0360. The van der Waals surface area contributed by atoms with Crippen LogP contribution in [-0.4, -0.2) is 40.9 Å². The maximum Gasteiger partial charge on any atom is 0.0917 e. The van der Waals surface area contributed by atoms with Gasteiger partial charge in [-0.2, -0.15) is 0 Å². The van der Waals surface area contributed by atoms with E-state index in [1.807, 2.05) is 37.9 Å². The number of hydrogen-bond acceptors (Lipinski definition) is 4. The summed E-state index contributed by atoms with van der Waals surface area (Å²) in [6.07, 6.45) is -0.577. The van der Waals surface area contributed by atoms with Crippen molar-refractivity contribution in [3.63, 3.8) is 0 Å². The van der Waals surface area contributed by atoms with Gasteiger partial charge in [0, 0.05) is 17.8 Å². The molecule has 0 radical (unpaired) electrons. The van der Waals surface area contributed by atoms with E-state index in [1.54, 1.807) is 12.1 Å². The second kappa shape index (κ2) is 5.49. The van der Waals surface area contributed by atoms with Crippen molar-refractivity contribution in [2.24, 2.45) is 0 Å². The van der Waals surface area contributed by atoms with Crippen molar-refractivity contribution in [2.75, 3.05) is 25.9 Å². The van der Waals surface area contributed by atoms with Gasteiger partial charge in [-0.25, -0.2) is 0 Å². The first-order valence-corrected chi connectivity index (χ1v) is 5.72. The molecule has 17 heavy (non-hydrogen) atoms. The first kappa shape index (κ1) is 14.0. The second-order valence-corrected chi connectivity index (χ2v) is 5.03. The van der Waals surface area contributed by atoms with Gasteiger partial charge in [0.15, 0.2) is 0 Å². The van der Waals surface area contributed by atoms with E-state index < -0.39 is 6.10 Å². The van der Waals surface area contributed by atoms with Gasteiger partial charge in [0.25, 0.3) is 0 Å². The van der Waals surface area contributed by atoms with Crippen LogP contribution in [0.4, 0.5) is 5.69 Å². The molecule has 4 N–H and O–H groups in total. The van der Waals surface area contributed by atoms with E-state index in [4.69, 9.17) is 5.73 Å². The van der Waals surface area contributed by atoms with Crippen LogP contribution < -0.4 is 5.73 Å². The molecular weight excluding hydrogens is 216 g/mol. The van der Waals surface area contributed by atoms with Crippen LogP contribution in [0.1, 0.15) is 25.5 Å². The van der Waals surface area contributed by atoms with Crippen LogP contribution in [0.25, 0.3) is 0 Å². The Balaban J connectivity index is 2.66. The molecule has 0 heterocycles. The van der Waals surface area contributed by atoms with E-state index in [1.165, 1.54) is 0 Å². The highest BCUT2D eigenvalue weighted by Gasteiger charge is 2.24. The number of aliphatic hydroxyl groups is 2. The number of benzene rings is 1. The van der Waals surface area contributed by atoms with Gasteiger partial charge in [0.2, 0.25) is 0 Å². The molecule has 0 fully saturated rings. The minimum absolute atomic E-state index is 0.0535. The maximum absolute atomic E-state index is 10.1. The van der Waals surface area contributed by atoms with Crippen LogP contribution in [-0.2, 0) is 0 Å². The molecule has 1 aromatic carbocycles. The molecule has 0 aliphatic heterocycles. The fourth-order valence-electron chi connectivity index (χ4n) is 1.45. The van der Waals surface area contributed by atoms with Gasteiger partial charge in [-0.05, 0) is 38.6 Å². The van der Waals surface area contributed by atoms with Crippen LogP contribution in [0.3, 0.4) is 0 Å². The van der Waals surface area contributed by atoms with Gasteiger partial charge in [0.05, 0.1) is 12.7 Å². The monoisotopic (exact) mass is 238 g/mol. The highest BCUT2D eigenvalue weighted by atomic mass is 16.3. The summed E-state index contributed by atoms with van der Waals surface area (Å²) in [7, 11) is 1.89. The number of nitrogens with zero attached hydrogens (tertiary/aromatic N) is 1. The fourth-order valence-corrected chi connectivity index (χ4v) is 1.45. The Kier molecular flexibility index (Phi) is 4.51. The molecule has 1 rings (SSSR count). The summed E-state index contributed by atoms with van der Waals surface area (Å²) in [5.74, 6) is 0. The van der Waals surface area contributed by atoms with Crippen molar-refractivity contribution in [3.8, 4) is 0 Å². The highest BCUT2D eigenvalue weighted by molar-refractivity contribution is 5.39. The molecule has 0 aliphatic rings. The third-order valence-corrected chi connectivity index (χ3v) is 3.19. The van der Waals surface area contributed by atoms with E-state index in [9.17, 15) is 10.2 Å². The molecule has 0 aliphatic carbocycles. The molecule has 0 saturated carbocycles. The number of likely N-dealkylation sites (N-methyl/N-ethyl adjacent to an activating group) is 1. The van der Waals surface area contributed by atoms with E-state index >= 15 is 0 Å². The predicted octanol–water partition coefficient (Wildman–Crippen LogP) is 1.00. The Labute approximate surface area is 103 Å².